The second-order valence-corrected chi connectivity index (χ2v) is 4.42. The van der Waals surface area contributed by atoms with Gasteiger partial charge in [-0.05, 0) is 37.0 Å². The molecular weight excluding hydrogens is 283 g/mol. The van der Waals surface area contributed by atoms with Crippen LogP contribution in [0, 0.1) is 0 Å². The number of rotatable bonds is 5. The minimum atomic E-state index is -4.25. The van der Waals surface area contributed by atoms with Crippen molar-refractivity contribution in [2.45, 2.75) is 25.6 Å². The van der Waals surface area contributed by atoms with Crippen molar-refractivity contribution in [2.75, 3.05) is 6.54 Å². The third-order valence-corrected chi connectivity index (χ3v) is 2.66. The number of unbranched alkanes of at least 4 members (excludes halogenated alkanes) is 1. The van der Waals surface area contributed by atoms with Gasteiger partial charge in [0.1, 0.15) is 0 Å². The van der Waals surface area contributed by atoms with Gasteiger partial charge in [-0.1, -0.05) is 28.1 Å². The standard InChI is InChI=1S/C11H13BrF3N/c12-10-6-4-9(5-7-10)3-1-2-8-16-11(13,14)15/h4-7,16H,1-3,8H2. The Hall–Kier alpha value is -0.550. The number of hydrogen-bond donors (Lipinski definition) is 1. The van der Waals surface area contributed by atoms with Crippen molar-refractivity contribution < 1.29 is 13.2 Å². The maximum atomic E-state index is 11.7. The van der Waals surface area contributed by atoms with E-state index in [1.807, 2.05) is 24.3 Å². The van der Waals surface area contributed by atoms with Gasteiger partial charge in [0.15, 0.2) is 0 Å². The Bertz CT molecular complexity index is 308. The van der Waals surface area contributed by atoms with Crippen LogP contribution >= 0.6 is 15.9 Å². The van der Waals surface area contributed by atoms with Crippen molar-refractivity contribution in [1.82, 2.24) is 5.32 Å². The highest BCUT2D eigenvalue weighted by Gasteiger charge is 2.25. The summed E-state index contributed by atoms with van der Waals surface area (Å²) in [7, 11) is 0. The molecule has 0 saturated carbocycles. The molecule has 1 aromatic carbocycles. The van der Waals surface area contributed by atoms with Gasteiger partial charge in [0.25, 0.3) is 0 Å². The summed E-state index contributed by atoms with van der Waals surface area (Å²) in [5, 5.41) is 1.51. The van der Waals surface area contributed by atoms with Crippen LogP contribution < -0.4 is 5.32 Å². The number of halogens is 4. The average Bonchev–Trinajstić information content (AvgIpc) is 2.19. The van der Waals surface area contributed by atoms with Crippen molar-refractivity contribution in [3.8, 4) is 0 Å². The number of alkyl halides is 3. The largest absolute Gasteiger partial charge is 0.457 e. The zero-order valence-corrected chi connectivity index (χ0v) is 10.2. The molecular formula is C11H13BrF3N. The van der Waals surface area contributed by atoms with Gasteiger partial charge in [0.2, 0.25) is 0 Å². The first kappa shape index (κ1) is 13.5. The molecule has 0 aromatic heterocycles. The quantitative estimate of drug-likeness (QED) is 0.642. The lowest BCUT2D eigenvalue weighted by molar-refractivity contribution is -0.156. The molecule has 0 unspecified atom stereocenters. The SMILES string of the molecule is FC(F)(F)NCCCCc1ccc(Br)cc1. The van der Waals surface area contributed by atoms with E-state index < -0.39 is 6.30 Å². The van der Waals surface area contributed by atoms with E-state index in [4.69, 9.17) is 0 Å². The molecule has 0 heterocycles. The third kappa shape index (κ3) is 6.12. The third-order valence-electron chi connectivity index (χ3n) is 2.13. The van der Waals surface area contributed by atoms with E-state index in [9.17, 15) is 13.2 Å². The fourth-order valence-corrected chi connectivity index (χ4v) is 1.60. The number of benzene rings is 1. The Kier molecular flexibility index (Phi) is 5.28. The minimum Gasteiger partial charge on any atom is -0.228 e. The first-order valence-electron chi connectivity index (χ1n) is 5.03. The van der Waals surface area contributed by atoms with Crippen LogP contribution in [0.25, 0.3) is 0 Å². The van der Waals surface area contributed by atoms with Crippen LogP contribution in [-0.2, 0) is 6.42 Å². The van der Waals surface area contributed by atoms with E-state index in [2.05, 4.69) is 15.9 Å². The smallest absolute Gasteiger partial charge is 0.228 e. The summed E-state index contributed by atoms with van der Waals surface area (Å²) >= 11 is 3.33. The van der Waals surface area contributed by atoms with Crippen molar-refractivity contribution in [3.05, 3.63) is 34.3 Å². The Balaban J connectivity index is 2.14. The van der Waals surface area contributed by atoms with Crippen LogP contribution in [0.15, 0.2) is 28.7 Å². The monoisotopic (exact) mass is 295 g/mol. The molecule has 5 heteroatoms. The number of nitrogens with one attached hydrogen (secondary N) is 1. The highest BCUT2D eigenvalue weighted by molar-refractivity contribution is 9.10. The molecule has 1 rings (SSSR count). The van der Waals surface area contributed by atoms with Crippen LogP contribution in [0.4, 0.5) is 13.2 Å². The van der Waals surface area contributed by atoms with Crippen LogP contribution in [0.2, 0.25) is 0 Å². The molecule has 0 aliphatic carbocycles. The Morgan fingerprint density at radius 1 is 1.06 bits per heavy atom. The second kappa shape index (κ2) is 6.25. The molecule has 16 heavy (non-hydrogen) atoms. The summed E-state index contributed by atoms with van der Waals surface area (Å²) < 4.78 is 36.2. The van der Waals surface area contributed by atoms with Crippen molar-refractivity contribution in [2.24, 2.45) is 0 Å². The van der Waals surface area contributed by atoms with Gasteiger partial charge in [-0.3, -0.25) is 0 Å². The molecule has 0 fully saturated rings. The van der Waals surface area contributed by atoms with Crippen molar-refractivity contribution in [1.29, 1.82) is 0 Å². The molecule has 1 aromatic rings. The van der Waals surface area contributed by atoms with Gasteiger partial charge in [0.05, 0.1) is 0 Å². The molecule has 0 atom stereocenters. The molecule has 0 saturated heterocycles. The van der Waals surface area contributed by atoms with Crippen LogP contribution in [0.3, 0.4) is 0 Å². The molecule has 0 amide bonds. The lowest BCUT2D eigenvalue weighted by Gasteiger charge is -2.07. The molecule has 0 radical (unpaired) electrons. The molecule has 0 spiro atoms. The van der Waals surface area contributed by atoms with Crippen LogP contribution in [0.1, 0.15) is 18.4 Å². The zero-order valence-electron chi connectivity index (χ0n) is 8.65. The summed E-state index contributed by atoms with van der Waals surface area (Å²) in [5.74, 6) is 0. The molecule has 1 N–H and O–H groups in total. The lowest BCUT2D eigenvalue weighted by atomic mass is 10.1. The highest BCUT2D eigenvalue weighted by atomic mass is 79.9. The van der Waals surface area contributed by atoms with Gasteiger partial charge in [-0.2, -0.15) is 13.2 Å². The fourth-order valence-electron chi connectivity index (χ4n) is 1.34. The van der Waals surface area contributed by atoms with Gasteiger partial charge in [-0.25, -0.2) is 5.32 Å². The fraction of sp³-hybridized carbons (Fsp3) is 0.455. The summed E-state index contributed by atoms with van der Waals surface area (Å²) in [5.41, 5.74) is 1.15. The van der Waals surface area contributed by atoms with Crippen LogP contribution in [-0.4, -0.2) is 12.8 Å². The maximum absolute atomic E-state index is 11.7. The second-order valence-electron chi connectivity index (χ2n) is 3.51. The topological polar surface area (TPSA) is 12.0 Å². The molecule has 0 aliphatic heterocycles. The van der Waals surface area contributed by atoms with E-state index in [0.29, 0.717) is 6.42 Å². The van der Waals surface area contributed by atoms with Gasteiger partial charge < -0.3 is 0 Å². The minimum absolute atomic E-state index is 0.0139. The van der Waals surface area contributed by atoms with Crippen molar-refractivity contribution >= 4 is 15.9 Å². The first-order valence-corrected chi connectivity index (χ1v) is 5.83. The Morgan fingerprint density at radius 2 is 1.69 bits per heavy atom. The summed E-state index contributed by atoms with van der Waals surface area (Å²) in [6.07, 6.45) is -2.16. The van der Waals surface area contributed by atoms with E-state index in [1.54, 1.807) is 0 Å². The first-order chi connectivity index (χ1) is 7.47. The summed E-state index contributed by atoms with van der Waals surface area (Å²) in [4.78, 5) is 0. The summed E-state index contributed by atoms with van der Waals surface area (Å²) in [6, 6.07) is 7.81. The normalized spacial score (nSPS) is 11.8. The van der Waals surface area contributed by atoms with Gasteiger partial charge >= 0.3 is 6.30 Å². The maximum Gasteiger partial charge on any atom is 0.457 e. The van der Waals surface area contributed by atoms with Crippen LogP contribution in [0.5, 0.6) is 0 Å². The van der Waals surface area contributed by atoms with E-state index in [-0.39, 0.29) is 6.54 Å². The Labute approximate surface area is 101 Å². The van der Waals surface area contributed by atoms with E-state index in [1.165, 1.54) is 5.32 Å². The molecule has 0 aliphatic rings. The molecule has 90 valence electrons. The van der Waals surface area contributed by atoms with E-state index in [0.717, 1.165) is 22.9 Å². The van der Waals surface area contributed by atoms with E-state index >= 15 is 0 Å². The highest BCUT2D eigenvalue weighted by Crippen LogP contribution is 2.13. The van der Waals surface area contributed by atoms with Gasteiger partial charge in [0, 0.05) is 11.0 Å². The summed E-state index contributed by atoms with van der Waals surface area (Å²) in [6.45, 7) is -0.0139. The predicted molar refractivity (Wildman–Crippen MR) is 61.1 cm³/mol. The number of aryl methyl sites for hydroxylation is 1. The van der Waals surface area contributed by atoms with Gasteiger partial charge in [-0.15, -0.1) is 0 Å². The Morgan fingerprint density at radius 3 is 2.25 bits per heavy atom. The molecule has 1 nitrogen and oxygen atoms in total. The zero-order chi connectivity index (χ0) is 12.0. The average molecular weight is 296 g/mol. The lowest BCUT2D eigenvalue weighted by Crippen LogP contribution is -2.32. The molecule has 0 bridgehead atoms. The van der Waals surface area contributed by atoms with Crippen molar-refractivity contribution in [3.63, 3.8) is 0 Å². The number of hydrogen-bond acceptors (Lipinski definition) is 1. The predicted octanol–water partition coefficient (Wildman–Crippen LogP) is 3.88.